The van der Waals surface area contributed by atoms with Gasteiger partial charge < -0.3 is 10.1 Å². The minimum absolute atomic E-state index is 0.0349. The Bertz CT molecular complexity index is 1070. The van der Waals surface area contributed by atoms with Gasteiger partial charge in [-0.1, -0.05) is 67.6 Å². The average Bonchev–Trinajstić information content (AvgIpc) is 2.87. The SMILES string of the molecule is CCC(=O)c1ccc(OC(=O)[C@H](CCSC)NC=O)cc1P(c1ccccc1)c1ccccc1. The molecule has 0 aliphatic rings. The van der Waals surface area contributed by atoms with Crippen LogP contribution in [-0.2, 0) is 9.59 Å². The lowest BCUT2D eigenvalue weighted by Gasteiger charge is -2.23. The van der Waals surface area contributed by atoms with Gasteiger partial charge in [0.2, 0.25) is 6.41 Å². The molecule has 0 spiro atoms. The van der Waals surface area contributed by atoms with E-state index in [2.05, 4.69) is 29.6 Å². The lowest BCUT2D eigenvalue weighted by atomic mass is 10.1. The highest BCUT2D eigenvalue weighted by atomic mass is 32.2. The maximum atomic E-state index is 12.9. The van der Waals surface area contributed by atoms with Crippen LogP contribution < -0.4 is 26.0 Å². The van der Waals surface area contributed by atoms with Crippen molar-refractivity contribution >= 4 is 53.8 Å². The number of Topliss-reactive ketones (excluding diaryl/α,β-unsaturated/α-hetero) is 1. The first kappa shape index (κ1) is 25.7. The molecule has 0 aliphatic carbocycles. The fourth-order valence-corrected chi connectivity index (χ4v) is 6.50. The van der Waals surface area contributed by atoms with Gasteiger partial charge >= 0.3 is 5.97 Å². The van der Waals surface area contributed by atoms with E-state index in [0.29, 0.717) is 36.3 Å². The second-order valence-electron chi connectivity index (χ2n) is 7.50. The minimum atomic E-state index is -1.06. The zero-order valence-corrected chi connectivity index (χ0v) is 21.0. The van der Waals surface area contributed by atoms with Crippen LogP contribution in [0, 0.1) is 0 Å². The lowest BCUT2D eigenvalue weighted by molar-refractivity contribution is -0.138. The molecule has 0 saturated heterocycles. The first-order valence-electron chi connectivity index (χ1n) is 11.1. The quantitative estimate of drug-likeness (QED) is 0.137. The van der Waals surface area contributed by atoms with Gasteiger partial charge in [0, 0.05) is 12.0 Å². The molecule has 176 valence electrons. The second-order valence-corrected chi connectivity index (χ2v) is 10.7. The van der Waals surface area contributed by atoms with E-state index in [1.165, 1.54) is 0 Å². The number of hydrogen-bond donors (Lipinski definition) is 1. The minimum Gasteiger partial charge on any atom is -0.425 e. The molecule has 0 saturated carbocycles. The zero-order chi connectivity index (χ0) is 24.3. The molecule has 0 bridgehead atoms. The molecule has 5 nitrogen and oxygen atoms in total. The van der Waals surface area contributed by atoms with Crippen LogP contribution in [-0.4, -0.2) is 36.2 Å². The van der Waals surface area contributed by atoms with Crippen LogP contribution in [0.1, 0.15) is 30.1 Å². The van der Waals surface area contributed by atoms with Gasteiger partial charge in [0.15, 0.2) is 5.78 Å². The summed E-state index contributed by atoms with van der Waals surface area (Å²) in [5, 5.41) is 5.58. The zero-order valence-electron chi connectivity index (χ0n) is 19.3. The molecular formula is C27H28NO4PS. The Labute approximate surface area is 206 Å². The number of benzene rings is 3. The van der Waals surface area contributed by atoms with Crippen molar-refractivity contribution in [3.05, 3.63) is 84.4 Å². The Hall–Kier alpha value is -2.95. The number of carbonyl (C=O) groups is 3. The van der Waals surface area contributed by atoms with Crippen molar-refractivity contribution in [1.29, 1.82) is 0 Å². The summed E-state index contributed by atoms with van der Waals surface area (Å²) in [6, 6.07) is 24.6. The molecule has 34 heavy (non-hydrogen) atoms. The molecule has 0 heterocycles. The number of ether oxygens (including phenoxy) is 1. The fourth-order valence-electron chi connectivity index (χ4n) is 3.54. The van der Waals surface area contributed by atoms with Crippen LogP contribution >= 0.6 is 19.7 Å². The maximum absolute atomic E-state index is 12.9. The normalized spacial score (nSPS) is 11.6. The van der Waals surface area contributed by atoms with Gasteiger partial charge in [-0.05, 0) is 60.5 Å². The molecular weight excluding hydrogens is 465 g/mol. The summed E-state index contributed by atoms with van der Waals surface area (Å²) in [4.78, 5) is 36.7. The third kappa shape index (κ3) is 6.55. The Morgan fingerprint density at radius 3 is 2.15 bits per heavy atom. The number of hydrogen-bond acceptors (Lipinski definition) is 5. The maximum Gasteiger partial charge on any atom is 0.334 e. The van der Waals surface area contributed by atoms with Crippen LogP contribution in [0.2, 0.25) is 0 Å². The summed E-state index contributed by atoms with van der Waals surface area (Å²) < 4.78 is 5.69. The van der Waals surface area contributed by atoms with Crippen molar-refractivity contribution in [3.63, 3.8) is 0 Å². The Morgan fingerprint density at radius 2 is 1.62 bits per heavy atom. The fraction of sp³-hybridized carbons (Fsp3) is 0.222. The first-order valence-corrected chi connectivity index (χ1v) is 13.8. The summed E-state index contributed by atoms with van der Waals surface area (Å²) in [7, 11) is -1.06. The van der Waals surface area contributed by atoms with Crippen LogP contribution in [0.15, 0.2) is 78.9 Å². The van der Waals surface area contributed by atoms with Gasteiger partial charge in [-0.25, -0.2) is 4.79 Å². The molecule has 3 aromatic carbocycles. The first-order chi connectivity index (χ1) is 16.6. The summed E-state index contributed by atoms with van der Waals surface area (Å²) in [5.74, 6) is 0.579. The van der Waals surface area contributed by atoms with Crippen LogP contribution in [0.25, 0.3) is 0 Å². The molecule has 0 radical (unpaired) electrons. The number of carbonyl (C=O) groups excluding carboxylic acids is 3. The van der Waals surface area contributed by atoms with Crippen molar-refractivity contribution < 1.29 is 19.1 Å². The van der Waals surface area contributed by atoms with Crippen molar-refractivity contribution in [2.24, 2.45) is 0 Å². The van der Waals surface area contributed by atoms with Gasteiger partial charge in [0.25, 0.3) is 0 Å². The second kappa shape index (κ2) is 13.1. The van der Waals surface area contributed by atoms with Gasteiger partial charge in [0.05, 0.1) is 0 Å². The monoisotopic (exact) mass is 493 g/mol. The standard InChI is InChI=1S/C27H28NO4PS/c1-3-25(30)23-15-14-20(32-27(31)24(28-19-29)16-17-34-2)18-26(23)33(21-10-6-4-7-11-21)22-12-8-5-9-13-22/h4-15,18-19,24H,3,16-17H2,1-2H3,(H,28,29)/t24-/m0/s1. The van der Waals surface area contributed by atoms with E-state index in [9.17, 15) is 14.4 Å². The highest BCUT2D eigenvalue weighted by Gasteiger charge is 2.25. The molecule has 1 atom stereocenters. The average molecular weight is 494 g/mol. The molecule has 3 aromatic rings. The van der Waals surface area contributed by atoms with Crippen LogP contribution in [0.4, 0.5) is 0 Å². The number of amides is 1. The number of esters is 1. The molecule has 0 fully saturated rings. The molecule has 1 amide bonds. The van der Waals surface area contributed by atoms with E-state index in [-0.39, 0.29) is 5.78 Å². The Morgan fingerprint density at radius 1 is 1.00 bits per heavy atom. The summed E-state index contributed by atoms with van der Waals surface area (Å²) >= 11 is 1.59. The molecule has 7 heteroatoms. The highest BCUT2D eigenvalue weighted by Crippen LogP contribution is 2.36. The summed E-state index contributed by atoms with van der Waals surface area (Å²) in [5.41, 5.74) is 0.631. The highest BCUT2D eigenvalue weighted by molar-refractivity contribution is 7.98. The smallest absolute Gasteiger partial charge is 0.334 e. The molecule has 3 rings (SSSR count). The van der Waals surface area contributed by atoms with E-state index in [4.69, 9.17) is 4.74 Å². The third-order valence-corrected chi connectivity index (χ3v) is 8.37. The predicted molar refractivity (Wildman–Crippen MR) is 141 cm³/mol. The van der Waals surface area contributed by atoms with Crippen molar-refractivity contribution in [3.8, 4) is 5.75 Å². The third-order valence-electron chi connectivity index (χ3n) is 5.24. The van der Waals surface area contributed by atoms with Gasteiger partial charge in [-0.2, -0.15) is 11.8 Å². The predicted octanol–water partition coefficient (Wildman–Crippen LogP) is 3.81. The van der Waals surface area contributed by atoms with Crippen LogP contribution in [0.5, 0.6) is 5.75 Å². The van der Waals surface area contributed by atoms with Crippen LogP contribution in [0.3, 0.4) is 0 Å². The number of thioether (sulfide) groups is 1. The van der Waals surface area contributed by atoms with E-state index in [1.54, 1.807) is 30.0 Å². The number of rotatable bonds is 12. The van der Waals surface area contributed by atoms with E-state index < -0.39 is 19.9 Å². The van der Waals surface area contributed by atoms with E-state index >= 15 is 0 Å². The molecule has 0 aliphatic heterocycles. The van der Waals surface area contributed by atoms with Gasteiger partial charge in [-0.3, -0.25) is 9.59 Å². The largest absolute Gasteiger partial charge is 0.425 e. The Balaban J connectivity index is 2.06. The van der Waals surface area contributed by atoms with Gasteiger partial charge in [0.1, 0.15) is 11.8 Å². The summed E-state index contributed by atoms with van der Waals surface area (Å²) in [6.45, 7) is 1.84. The summed E-state index contributed by atoms with van der Waals surface area (Å²) in [6.07, 6.45) is 3.30. The Kier molecular flexibility index (Phi) is 9.87. The topological polar surface area (TPSA) is 72.5 Å². The molecule has 0 unspecified atom stereocenters. The van der Waals surface area contributed by atoms with E-state index in [1.807, 2.05) is 49.6 Å². The van der Waals surface area contributed by atoms with Crippen molar-refractivity contribution in [2.75, 3.05) is 12.0 Å². The van der Waals surface area contributed by atoms with Crippen molar-refractivity contribution in [1.82, 2.24) is 5.32 Å². The molecule has 0 aromatic heterocycles. The van der Waals surface area contributed by atoms with E-state index in [0.717, 1.165) is 15.9 Å². The lowest BCUT2D eigenvalue weighted by Crippen LogP contribution is -2.39. The number of nitrogens with one attached hydrogen (secondary N) is 1. The molecule has 1 N–H and O–H groups in total. The van der Waals surface area contributed by atoms with Gasteiger partial charge in [-0.15, -0.1) is 0 Å². The van der Waals surface area contributed by atoms with Crippen molar-refractivity contribution in [2.45, 2.75) is 25.8 Å². The number of ketones is 1.